The fraction of sp³-hybridized carbons (Fsp3) is 0.340. The average Bonchev–Trinajstić information content (AvgIpc) is 3.84. The number of H-pyrrole nitrogens is 2. The zero-order valence-corrected chi connectivity index (χ0v) is 33.3. The van der Waals surface area contributed by atoms with Crippen LogP contribution in [0.3, 0.4) is 0 Å². The van der Waals surface area contributed by atoms with E-state index in [1.165, 1.54) is 7.11 Å². The van der Waals surface area contributed by atoms with Crippen molar-refractivity contribution in [1.82, 2.24) is 35.1 Å². The van der Waals surface area contributed by atoms with Crippen LogP contribution in [0.5, 0.6) is 0 Å². The summed E-state index contributed by atoms with van der Waals surface area (Å²) in [6.45, 7) is 4.11. The van der Waals surface area contributed by atoms with Gasteiger partial charge in [0.15, 0.2) is 0 Å². The first-order valence-electron chi connectivity index (χ1n) is 20.6. The molecule has 0 radical (unpaired) electrons. The first-order valence-corrected chi connectivity index (χ1v) is 20.6. The molecule has 2 unspecified atom stereocenters. The van der Waals surface area contributed by atoms with E-state index in [0.717, 1.165) is 87.3 Å². The lowest BCUT2D eigenvalue weighted by Gasteiger charge is -2.31. The Hall–Kier alpha value is -6.43. The third-order valence-electron chi connectivity index (χ3n) is 12.8. The number of ether oxygens (including phenoxy) is 2. The highest BCUT2D eigenvalue weighted by atomic mass is 16.6. The molecule has 4 aliphatic rings. The van der Waals surface area contributed by atoms with Crippen molar-refractivity contribution in [2.45, 2.75) is 76.3 Å². The number of fused-ring (bicyclic) bond motifs is 3. The average molecular weight is 790 g/mol. The molecule has 6 aromatic rings. The second-order valence-corrected chi connectivity index (χ2v) is 16.9. The Kier molecular flexibility index (Phi) is 9.22. The summed E-state index contributed by atoms with van der Waals surface area (Å²) in [4.78, 5) is 59.5. The van der Waals surface area contributed by atoms with Crippen molar-refractivity contribution in [2.24, 2.45) is 17.8 Å². The van der Waals surface area contributed by atoms with Crippen LogP contribution in [0.25, 0.3) is 44.4 Å². The number of methoxy groups -OCH3 is 1. The number of likely N-dealkylation sites (tertiary alicyclic amines) is 2. The number of hydrogen-bond donors (Lipinski definition) is 3. The summed E-state index contributed by atoms with van der Waals surface area (Å²) in [7, 11) is 1.31. The van der Waals surface area contributed by atoms with Gasteiger partial charge in [0.25, 0.3) is 0 Å². The van der Waals surface area contributed by atoms with E-state index in [9.17, 15) is 14.4 Å². The maximum atomic E-state index is 13.8. The smallest absolute Gasteiger partial charge is 0.410 e. The molecule has 2 saturated heterocycles. The number of carbonyl (C=O) groups excluding carboxylic acids is 3. The quantitative estimate of drug-likeness (QED) is 0.126. The number of amides is 3. The topological polar surface area (TPSA) is 146 Å². The number of rotatable bonds is 10. The molecule has 0 spiro atoms. The molecule has 2 saturated carbocycles. The standard InChI is InChI=1S/C47H47N7O5/c1-26(2)42(52-46(56)58-3)45(55)53-38-19-34(38)21-40(53)43-49-24-37(51-43)33-16-15-31-17-30(13-14-32(31)18-33)28-9-11-29(12-10-28)36-23-48-44(50-36)41-22-35-20-39(35)54(41)47(57)59-25-27-7-5-4-6-8-27/h4-18,23-24,26,34-35,38-42H,19-22,25H2,1-3H3,(H,48,50)(H,49,51)(H,52,56)/t34-,35-,38-,39-,40+,41?,42?/m1/s1. The summed E-state index contributed by atoms with van der Waals surface area (Å²) >= 11 is 0. The molecule has 10 rings (SSSR count). The fourth-order valence-corrected chi connectivity index (χ4v) is 9.37. The van der Waals surface area contributed by atoms with Gasteiger partial charge < -0.3 is 29.7 Å². The van der Waals surface area contributed by atoms with Gasteiger partial charge in [0, 0.05) is 17.6 Å². The minimum atomic E-state index is -0.670. The van der Waals surface area contributed by atoms with E-state index < -0.39 is 12.1 Å². The van der Waals surface area contributed by atoms with Gasteiger partial charge in [-0.05, 0) is 88.6 Å². The van der Waals surface area contributed by atoms with Crippen LogP contribution >= 0.6 is 0 Å². The summed E-state index contributed by atoms with van der Waals surface area (Å²) in [5.74, 6) is 2.34. The number of piperidine rings is 2. The van der Waals surface area contributed by atoms with Crippen molar-refractivity contribution in [3.63, 3.8) is 0 Å². The van der Waals surface area contributed by atoms with Crippen molar-refractivity contribution in [3.8, 4) is 33.6 Å². The van der Waals surface area contributed by atoms with Crippen LogP contribution in [0.15, 0.2) is 103 Å². The SMILES string of the molecule is COC(=O)NC(C(=O)N1[C@@H]2C[C@@H]2C[C@H]1c1ncc(-c2ccc3cc(-c4ccc(-c5cnc(C6C[C@H]7C[C@H]7N6C(=O)OCc6ccccc6)[nH]5)cc4)ccc3c2)[nH]1)C(C)C. The normalized spacial score (nSPS) is 23.2. The van der Waals surface area contributed by atoms with E-state index in [2.05, 4.69) is 75.9 Å². The van der Waals surface area contributed by atoms with E-state index in [4.69, 9.17) is 19.4 Å². The molecule has 4 heterocycles. The lowest BCUT2D eigenvalue weighted by atomic mass is 9.98. The highest BCUT2D eigenvalue weighted by molar-refractivity contribution is 5.91. The third-order valence-corrected chi connectivity index (χ3v) is 12.8. The van der Waals surface area contributed by atoms with Crippen molar-refractivity contribution >= 4 is 28.9 Å². The van der Waals surface area contributed by atoms with Crippen LogP contribution in [0.1, 0.15) is 68.8 Å². The molecule has 4 fully saturated rings. The van der Waals surface area contributed by atoms with Gasteiger partial charge in [-0.1, -0.05) is 92.7 Å². The summed E-state index contributed by atoms with van der Waals surface area (Å²) < 4.78 is 10.5. The van der Waals surface area contributed by atoms with Gasteiger partial charge in [-0.3, -0.25) is 9.69 Å². The number of hydrogen-bond acceptors (Lipinski definition) is 7. The number of nitrogens with one attached hydrogen (secondary N) is 3. The van der Waals surface area contributed by atoms with Crippen LogP contribution < -0.4 is 5.32 Å². The number of aromatic amines is 2. The molecular formula is C47H47N7O5. The Morgan fingerprint density at radius 1 is 0.712 bits per heavy atom. The Balaban J connectivity index is 0.811. The molecule has 300 valence electrons. The van der Waals surface area contributed by atoms with Crippen molar-refractivity contribution in [2.75, 3.05) is 7.11 Å². The molecule has 59 heavy (non-hydrogen) atoms. The van der Waals surface area contributed by atoms with Crippen molar-refractivity contribution in [1.29, 1.82) is 0 Å². The first kappa shape index (κ1) is 36.9. The largest absolute Gasteiger partial charge is 0.453 e. The van der Waals surface area contributed by atoms with E-state index in [-0.39, 0.29) is 48.7 Å². The van der Waals surface area contributed by atoms with Crippen molar-refractivity contribution in [3.05, 3.63) is 121 Å². The van der Waals surface area contributed by atoms with Crippen LogP contribution in [0, 0.1) is 17.8 Å². The van der Waals surface area contributed by atoms with Gasteiger partial charge in [-0.15, -0.1) is 0 Å². The molecule has 0 bridgehead atoms. The van der Waals surface area contributed by atoms with Crippen LogP contribution in [-0.2, 0) is 20.9 Å². The summed E-state index contributed by atoms with van der Waals surface area (Å²) in [5.41, 5.74) is 7.05. The molecule has 2 aliphatic carbocycles. The minimum absolute atomic E-state index is 0.0905. The summed E-state index contributed by atoms with van der Waals surface area (Å²) in [6.07, 6.45) is 6.58. The Bertz CT molecular complexity index is 2550. The van der Waals surface area contributed by atoms with Gasteiger partial charge in [-0.25, -0.2) is 19.6 Å². The number of nitrogens with zero attached hydrogens (tertiary/aromatic N) is 4. The number of aromatic nitrogens is 4. The van der Waals surface area contributed by atoms with E-state index in [1.807, 2.05) is 66.4 Å². The number of benzene rings is 4. The lowest BCUT2D eigenvalue weighted by Crippen LogP contribution is -2.52. The molecule has 3 N–H and O–H groups in total. The Morgan fingerprint density at radius 2 is 1.27 bits per heavy atom. The predicted molar refractivity (Wildman–Crippen MR) is 223 cm³/mol. The van der Waals surface area contributed by atoms with Crippen molar-refractivity contribution < 1.29 is 23.9 Å². The second-order valence-electron chi connectivity index (χ2n) is 16.9. The highest BCUT2D eigenvalue weighted by Gasteiger charge is 2.57. The highest BCUT2D eigenvalue weighted by Crippen LogP contribution is 2.54. The predicted octanol–water partition coefficient (Wildman–Crippen LogP) is 8.80. The van der Waals surface area contributed by atoms with Crippen LogP contribution in [0.4, 0.5) is 9.59 Å². The Labute approximate surface area is 342 Å². The van der Waals surface area contributed by atoms with Gasteiger partial charge in [0.2, 0.25) is 5.91 Å². The van der Waals surface area contributed by atoms with E-state index >= 15 is 0 Å². The third kappa shape index (κ3) is 7.00. The van der Waals surface area contributed by atoms with Crippen LogP contribution in [-0.4, -0.2) is 73.1 Å². The molecule has 2 aliphatic heterocycles. The monoisotopic (exact) mass is 789 g/mol. The molecule has 2 aromatic heterocycles. The van der Waals surface area contributed by atoms with Gasteiger partial charge >= 0.3 is 12.2 Å². The summed E-state index contributed by atoms with van der Waals surface area (Å²) in [5, 5.41) is 4.98. The lowest BCUT2D eigenvalue weighted by molar-refractivity contribution is -0.136. The molecule has 3 amide bonds. The molecule has 4 aromatic carbocycles. The Morgan fingerprint density at radius 3 is 1.92 bits per heavy atom. The van der Waals surface area contributed by atoms with Gasteiger partial charge in [-0.2, -0.15) is 0 Å². The van der Waals surface area contributed by atoms with E-state index in [0.29, 0.717) is 11.8 Å². The number of alkyl carbamates (subject to hydrolysis) is 1. The maximum absolute atomic E-state index is 13.8. The molecule has 7 atom stereocenters. The van der Waals surface area contributed by atoms with E-state index in [1.54, 1.807) is 0 Å². The van der Waals surface area contributed by atoms with Gasteiger partial charge in [0.1, 0.15) is 24.3 Å². The zero-order chi connectivity index (χ0) is 40.4. The zero-order valence-electron chi connectivity index (χ0n) is 33.3. The first-order chi connectivity index (χ1) is 28.7. The second kappa shape index (κ2) is 14.7. The number of imidazole rings is 2. The molecule has 12 heteroatoms. The number of carbonyl (C=O) groups is 3. The molecule has 12 nitrogen and oxygen atoms in total. The maximum Gasteiger partial charge on any atom is 0.410 e. The minimum Gasteiger partial charge on any atom is -0.453 e. The summed E-state index contributed by atoms with van der Waals surface area (Å²) in [6, 6.07) is 30.6. The van der Waals surface area contributed by atoms with Crippen LogP contribution in [0.2, 0.25) is 0 Å². The fourth-order valence-electron chi connectivity index (χ4n) is 9.37. The van der Waals surface area contributed by atoms with Gasteiger partial charge in [0.05, 0.1) is 43.0 Å². The molecular weight excluding hydrogens is 743 g/mol.